The van der Waals surface area contributed by atoms with Crippen LogP contribution in [0.2, 0.25) is 5.15 Å². The first kappa shape index (κ1) is 14.5. The molecule has 1 aromatic rings. The van der Waals surface area contributed by atoms with Crippen LogP contribution in [-0.2, 0) is 0 Å². The van der Waals surface area contributed by atoms with Crippen LogP contribution in [0.15, 0.2) is 4.99 Å². The highest BCUT2D eigenvalue weighted by molar-refractivity contribution is 6.31. The van der Waals surface area contributed by atoms with Crippen molar-refractivity contribution in [2.45, 2.75) is 0 Å². The van der Waals surface area contributed by atoms with Gasteiger partial charge in [-0.15, -0.1) is 0 Å². The number of nitrogens with zero attached hydrogens (tertiary/aromatic N) is 4. The van der Waals surface area contributed by atoms with E-state index in [-0.39, 0.29) is 22.5 Å². The Labute approximate surface area is 111 Å². The second kappa shape index (κ2) is 5.36. The molecule has 4 N–H and O–H groups in total. The smallest absolute Gasteiger partial charge is 0.172 e. The summed E-state index contributed by atoms with van der Waals surface area (Å²) < 4.78 is 0.709. The van der Waals surface area contributed by atoms with Crippen LogP contribution in [-0.4, -0.2) is 54.6 Å². The van der Waals surface area contributed by atoms with Gasteiger partial charge in [-0.1, -0.05) is 11.6 Å². The van der Waals surface area contributed by atoms with Crippen LogP contribution in [0.1, 0.15) is 5.69 Å². The molecular weight excluding hydrogens is 256 g/mol. The summed E-state index contributed by atoms with van der Waals surface area (Å²) in [5.74, 6) is -0.594. The largest absolute Gasteiger partial charge is 0.857 e. The molecular formula is C10H17ClN6O. The fourth-order valence-electron chi connectivity index (χ4n) is 1.13. The minimum atomic E-state index is -0.532. The molecule has 0 atom stereocenters. The molecule has 1 heterocycles. The molecule has 18 heavy (non-hydrogen) atoms. The van der Waals surface area contributed by atoms with E-state index in [9.17, 15) is 5.11 Å². The molecule has 1 rings (SSSR count). The number of anilines is 2. The summed E-state index contributed by atoms with van der Waals surface area (Å²) in [6.07, 6.45) is 0. The number of aromatic nitrogens is 2. The molecule has 0 aliphatic heterocycles. The molecule has 100 valence electrons. The lowest BCUT2D eigenvalue weighted by Gasteiger charge is -2.23. The van der Waals surface area contributed by atoms with Gasteiger partial charge in [-0.3, -0.25) is 4.99 Å². The van der Waals surface area contributed by atoms with Crippen LogP contribution in [0.25, 0.3) is 0 Å². The average Bonchev–Trinajstić information content (AvgIpc) is 2.21. The molecule has 1 aromatic heterocycles. The summed E-state index contributed by atoms with van der Waals surface area (Å²) in [7, 11) is 6.02. The maximum atomic E-state index is 11.8. The first-order valence-corrected chi connectivity index (χ1v) is 5.69. The van der Waals surface area contributed by atoms with Gasteiger partial charge in [0, 0.05) is 5.90 Å². The molecule has 7 nitrogen and oxygen atoms in total. The van der Waals surface area contributed by atoms with Gasteiger partial charge in [0.15, 0.2) is 16.8 Å². The Balaban J connectivity index is 2.87. The Morgan fingerprint density at radius 1 is 1.28 bits per heavy atom. The van der Waals surface area contributed by atoms with Crippen LogP contribution in [0.5, 0.6) is 0 Å². The number of rotatable bonds is 4. The Bertz CT molecular complexity index is 468. The van der Waals surface area contributed by atoms with Gasteiger partial charge in [0.25, 0.3) is 0 Å². The molecule has 0 amide bonds. The quantitative estimate of drug-likeness (QED) is 0.419. The van der Waals surface area contributed by atoms with Crippen LogP contribution in [0.3, 0.4) is 0 Å². The third-order valence-electron chi connectivity index (χ3n) is 2.13. The number of nitrogens with two attached hydrogens (primary N) is 2. The van der Waals surface area contributed by atoms with Gasteiger partial charge in [-0.05, 0) is 0 Å². The van der Waals surface area contributed by atoms with Gasteiger partial charge in [-0.25, -0.2) is 9.97 Å². The number of aliphatic imine (C=N–C) groups is 1. The molecule has 0 saturated heterocycles. The lowest BCUT2D eigenvalue weighted by Crippen LogP contribution is -2.37. The topological polar surface area (TPSA) is 113 Å². The predicted octanol–water partition coefficient (Wildman–Crippen LogP) is -0.892. The number of halogens is 1. The fraction of sp³-hybridized carbons (Fsp3) is 0.500. The Morgan fingerprint density at radius 2 is 1.89 bits per heavy atom. The van der Waals surface area contributed by atoms with Crippen molar-refractivity contribution in [1.29, 1.82) is 0 Å². The molecule has 0 saturated carbocycles. The van der Waals surface area contributed by atoms with Crippen molar-refractivity contribution in [2.75, 3.05) is 45.7 Å². The summed E-state index contributed by atoms with van der Waals surface area (Å²) in [6.45, 7) is 1.10. The lowest BCUT2D eigenvalue weighted by molar-refractivity contribution is -0.868. The summed E-state index contributed by atoms with van der Waals surface area (Å²) in [6, 6.07) is 0. The third-order valence-corrected chi connectivity index (χ3v) is 2.41. The van der Waals surface area contributed by atoms with E-state index in [1.54, 1.807) is 0 Å². The molecule has 0 unspecified atom stereocenters. The predicted molar refractivity (Wildman–Crippen MR) is 70.2 cm³/mol. The third kappa shape index (κ3) is 4.01. The standard InChI is InChI=1S/C10H17ClN6O/c1-17(2,3)5-4-14-10(18)6-8(12)16-9(13)7(11)15-6/h4-5H2,1-3H3,(H4-,12,13,14,16,18). The lowest BCUT2D eigenvalue weighted by atomic mass is 10.4. The fourth-order valence-corrected chi connectivity index (χ4v) is 1.25. The van der Waals surface area contributed by atoms with Gasteiger partial charge < -0.3 is 21.1 Å². The molecule has 0 aliphatic rings. The van der Waals surface area contributed by atoms with E-state index in [4.69, 9.17) is 23.1 Å². The van der Waals surface area contributed by atoms with Crippen LogP contribution in [0, 0.1) is 0 Å². The van der Waals surface area contributed by atoms with Crippen molar-refractivity contribution in [3.8, 4) is 0 Å². The van der Waals surface area contributed by atoms with E-state index in [0.29, 0.717) is 11.0 Å². The summed E-state index contributed by atoms with van der Waals surface area (Å²) in [5, 5.41) is 11.7. The molecule has 0 aliphatic carbocycles. The van der Waals surface area contributed by atoms with Crippen molar-refractivity contribution in [2.24, 2.45) is 4.99 Å². The van der Waals surface area contributed by atoms with Crippen molar-refractivity contribution in [3.63, 3.8) is 0 Å². The number of nitrogen functional groups attached to an aromatic ring is 2. The molecule has 0 aromatic carbocycles. The van der Waals surface area contributed by atoms with Gasteiger partial charge >= 0.3 is 0 Å². The van der Waals surface area contributed by atoms with E-state index in [0.717, 1.165) is 6.54 Å². The zero-order valence-corrected chi connectivity index (χ0v) is 11.4. The van der Waals surface area contributed by atoms with Gasteiger partial charge in [0.05, 0.1) is 34.2 Å². The molecule has 0 bridgehead atoms. The average molecular weight is 273 g/mol. The minimum Gasteiger partial charge on any atom is -0.857 e. The first-order chi connectivity index (χ1) is 8.20. The highest BCUT2D eigenvalue weighted by Gasteiger charge is 2.09. The molecule has 8 heteroatoms. The normalized spacial score (nSPS) is 12.8. The molecule has 0 fully saturated rings. The summed E-state index contributed by atoms with van der Waals surface area (Å²) in [4.78, 5) is 11.4. The second-order valence-corrected chi connectivity index (χ2v) is 5.19. The SMILES string of the molecule is C[N+](C)(C)CCN=C([O-])c1nc(Cl)c(N)nc1N. The molecule has 0 spiro atoms. The molecule has 0 radical (unpaired) electrons. The summed E-state index contributed by atoms with van der Waals surface area (Å²) in [5.41, 5.74) is 10.9. The minimum absolute atomic E-state index is 0.00271. The van der Waals surface area contributed by atoms with E-state index in [1.165, 1.54) is 0 Å². The van der Waals surface area contributed by atoms with Crippen molar-refractivity contribution >= 4 is 29.1 Å². The Kier molecular flexibility index (Phi) is 4.31. The van der Waals surface area contributed by atoms with Crippen LogP contribution < -0.4 is 16.6 Å². The van der Waals surface area contributed by atoms with Crippen molar-refractivity contribution in [3.05, 3.63) is 10.8 Å². The highest BCUT2D eigenvalue weighted by Crippen LogP contribution is 2.16. The monoisotopic (exact) mass is 272 g/mol. The number of hydrogen-bond acceptors (Lipinski definition) is 6. The van der Waals surface area contributed by atoms with E-state index in [2.05, 4.69) is 15.0 Å². The Hall–Kier alpha value is -1.60. The van der Waals surface area contributed by atoms with Crippen LogP contribution >= 0.6 is 11.6 Å². The number of likely N-dealkylation sites (N-methyl/N-ethyl adjacent to an activating group) is 1. The second-order valence-electron chi connectivity index (χ2n) is 4.83. The zero-order chi connectivity index (χ0) is 13.9. The van der Waals surface area contributed by atoms with Crippen molar-refractivity contribution in [1.82, 2.24) is 9.97 Å². The highest BCUT2D eigenvalue weighted by atomic mass is 35.5. The maximum absolute atomic E-state index is 11.8. The van der Waals surface area contributed by atoms with Crippen LogP contribution in [0.4, 0.5) is 11.6 Å². The van der Waals surface area contributed by atoms with Gasteiger partial charge in [-0.2, -0.15) is 0 Å². The maximum Gasteiger partial charge on any atom is 0.172 e. The van der Waals surface area contributed by atoms with E-state index >= 15 is 0 Å². The zero-order valence-electron chi connectivity index (χ0n) is 10.6. The Morgan fingerprint density at radius 3 is 2.44 bits per heavy atom. The first-order valence-electron chi connectivity index (χ1n) is 5.31. The van der Waals surface area contributed by atoms with Gasteiger partial charge in [0.2, 0.25) is 0 Å². The van der Waals surface area contributed by atoms with E-state index < -0.39 is 5.90 Å². The van der Waals surface area contributed by atoms with Crippen molar-refractivity contribution < 1.29 is 9.59 Å². The van der Waals surface area contributed by atoms with E-state index in [1.807, 2.05) is 21.1 Å². The summed E-state index contributed by atoms with van der Waals surface area (Å²) >= 11 is 5.69. The van der Waals surface area contributed by atoms with Gasteiger partial charge in [0.1, 0.15) is 5.69 Å². The number of quaternary nitrogens is 1. The number of hydrogen-bond donors (Lipinski definition) is 2.